The molecular weight excluding hydrogens is 417 g/mol. The van der Waals surface area contributed by atoms with Crippen LogP contribution in [0, 0.1) is 5.92 Å². The first kappa shape index (κ1) is 21.2. The van der Waals surface area contributed by atoms with Crippen LogP contribution in [0.25, 0.3) is 0 Å². The van der Waals surface area contributed by atoms with Gasteiger partial charge in [0.25, 0.3) is 0 Å². The van der Waals surface area contributed by atoms with Crippen LogP contribution < -0.4 is 10.6 Å². The summed E-state index contributed by atoms with van der Waals surface area (Å²) in [6.45, 7) is 10.8. The smallest absolute Gasteiger partial charge is 0.191 e. The summed E-state index contributed by atoms with van der Waals surface area (Å²) >= 11 is 0. The van der Waals surface area contributed by atoms with E-state index in [0.29, 0.717) is 12.6 Å². The molecule has 0 unspecified atom stereocenters. The third-order valence-electron chi connectivity index (χ3n) is 4.18. The third kappa shape index (κ3) is 6.96. The van der Waals surface area contributed by atoms with E-state index >= 15 is 0 Å². The summed E-state index contributed by atoms with van der Waals surface area (Å²) in [6, 6.07) is 2.48. The molecule has 2 heterocycles. The van der Waals surface area contributed by atoms with Gasteiger partial charge >= 0.3 is 0 Å². The maximum absolute atomic E-state index is 5.29. The molecule has 7 heteroatoms. The van der Waals surface area contributed by atoms with E-state index in [0.717, 1.165) is 55.7 Å². The molecule has 0 bridgehead atoms. The highest BCUT2D eigenvalue weighted by Crippen LogP contribution is 2.12. The Kier molecular flexibility index (Phi) is 9.65. The molecule has 1 aliphatic heterocycles. The average molecular weight is 449 g/mol. The molecule has 0 amide bonds. The zero-order valence-electron chi connectivity index (χ0n) is 15.3. The lowest BCUT2D eigenvalue weighted by molar-refractivity contribution is 0.187. The van der Waals surface area contributed by atoms with Crippen LogP contribution in [0.3, 0.4) is 0 Å². The van der Waals surface area contributed by atoms with E-state index in [1.807, 2.05) is 6.07 Å². The normalized spacial score (nSPS) is 17.0. The molecule has 0 aliphatic carbocycles. The highest BCUT2D eigenvalue weighted by Gasteiger charge is 2.20. The zero-order chi connectivity index (χ0) is 16.7. The Balaban J connectivity index is 0.00000288. The van der Waals surface area contributed by atoms with Crippen molar-refractivity contribution in [3.63, 3.8) is 0 Å². The van der Waals surface area contributed by atoms with Crippen LogP contribution in [-0.2, 0) is 13.0 Å². The summed E-state index contributed by atoms with van der Waals surface area (Å²) in [6.07, 6.45) is 3.22. The van der Waals surface area contributed by atoms with Gasteiger partial charge in [-0.3, -0.25) is 4.99 Å². The third-order valence-corrected chi connectivity index (χ3v) is 4.18. The Labute approximate surface area is 162 Å². The van der Waals surface area contributed by atoms with Crippen LogP contribution in [0.5, 0.6) is 0 Å². The number of aromatic nitrogens is 1. The van der Waals surface area contributed by atoms with Gasteiger partial charge < -0.3 is 20.1 Å². The first-order valence-electron chi connectivity index (χ1n) is 8.74. The lowest BCUT2D eigenvalue weighted by atomic mass is 10.0. The molecule has 0 saturated carbocycles. The summed E-state index contributed by atoms with van der Waals surface area (Å²) in [5.41, 5.74) is 0.988. The molecule has 0 aromatic carbocycles. The minimum atomic E-state index is 0. The van der Waals surface area contributed by atoms with Crippen LogP contribution in [0.15, 0.2) is 15.6 Å². The van der Waals surface area contributed by atoms with E-state index in [1.54, 1.807) is 7.05 Å². The van der Waals surface area contributed by atoms with Crippen LogP contribution in [0.1, 0.15) is 45.1 Å². The van der Waals surface area contributed by atoms with Crippen molar-refractivity contribution in [1.29, 1.82) is 0 Å². The molecule has 1 saturated heterocycles. The van der Waals surface area contributed by atoms with Gasteiger partial charge in [-0.05, 0) is 25.2 Å². The molecule has 2 rings (SSSR count). The summed E-state index contributed by atoms with van der Waals surface area (Å²) in [7, 11) is 1.81. The number of hydrogen-bond donors (Lipinski definition) is 2. The Morgan fingerprint density at radius 3 is 2.67 bits per heavy atom. The molecule has 138 valence electrons. The van der Waals surface area contributed by atoms with Crippen molar-refractivity contribution >= 4 is 29.9 Å². The van der Waals surface area contributed by atoms with Crippen LogP contribution in [-0.4, -0.2) is 48.7 Å². The lowest BCUT2D eigenvalue weighted by Gasteiger charge is -2.33. The van der Waals surface area contributed by atoms with Gasteiger partial charge in [-0.1, -0.05) is 25.9 Å². The summed E-state index contributed by atoms with van der Waals surface area (Å²) in [5, 5.41) is 10.8. The molecule has 0 atom stereocenters. The molecule has 24 heavy (non-hydrogen) atoms. The highest BCUT2D eigenvalue weighted by molar-refractivity contribution is 14.0. The van der Waals surface area contributed by atoms with E-state index in [9.17, 15) is 0 Å². The van der Waals surface area contributed by atoms with Gasteiger partial charge in [0.05, 0.1) is 12.2 Å². The number of hydrogen-bond acceptors (Lipinski definition) is 4. The largest absolute Gasteiger partial charge is 0.359 e. The summed E-state index contributed by atoms with van der Waals surface area (Å²) in [4.78, 5) is 6.87. The number of piperidine rings is 1. The van der Waals surface area contributed by atoms with Crippen LogP contribution in [0.4, 0.5) is 0 Å². The minimum absolute atomic E-state index is 0. The molecule has 0 spiro atoms. The predicted molar refractivity (Wildman–Crippen MR) is 109 cm³/mol. The number of nitrogens with zero attached hydrogens (tertiary/aromatic N) is 3. The minimum Gasteiger partial charge on any atom is -0.359 e. The Morgan fingerprint density at radius 1 is 1.42 bits per heavy atom. The molecule has 1 aromatic rings. The van der Waals surface area contributed by atoms with Crippen molar-refractivity contribution in [2.45, 2.75) is 52.6 Å². The van der Waals surface area contributed by atoms with Crippen molar-refractivity contribution in [2.24, 2.45) is 10.9 Å². The molecule has 0 radical (unpaired) electrons. The number of rotatable bonds is 6. The fourth-order valence-corrected chi connectivity index (χ4v) is 2.94. The molecule has 1 aliphatic rings. The van der Waals surface area contributed by atoms with Crippen molar-refractivity contribution in [1.82, 2.24) is 20.7 Å². The van der Waals surface area contributed by atoms with Gasteiger partial charge in [0.1, 0.15) is 0 Å². The first-order chi connectivity index (χ1) is 11.1. The van der Waals surface area contributed by atoms with Gasteiger partial charge in [0.15, 0.2) is 11.7 Å². The van der Waals surface area contributed by atoms with Crippen molar-refractivity contribution in [2.75, 3.05) is 26.7 Å². The molecule has 1 aromatic heterocycles. The van der Waals surface area contributed by atoms with Gasteiger partial charge in [-0.15, -0.1) is 24.0 Å². The highest BCUT2D eigenvalue weighted by atomic mass is 127. The number of nitrogens with one attached hydrogen (secondary N) is 2. The topological polar surface area (TPSA) is 65.7 Å². The Morgan fingerprint density at radius 2 is 2.12 bits per heavy atom. The Bertz CT molecular complexity index is 495. The zero-order valence-corrected chi connectivity index (χ0v) is 17.7. The molecule has 1 fully saturated rings. The van der Waals surface area contributed by atoms with Gasteiger partial charge in [-0.25, -0.2) is 0 Å². The number of halogens is 1. The number of aliphatic imine (C=N–C) groups is 1. The van der Waals surface area contributed by atoms with E-state index in [1.165, 1.54) is 6.54 Å². The van der Waals surface area contributed by atoms with E-state index in [2.05, 4.69) is 46.5 Å². The molecular formula is C17H32IN5O. The van der Waals surface area contributed by atoms with E-state index in [4.69, 9.17) is 4.52 Å². The van der Waals surface area contributed by atoms with Gasteiger partial charge in [0, 0.05) is 38.8 Å². The fraction of sp³-hybridized carbons (Fsp3) is 0.765. The fourth-order valence-electron chi connectivity index (χ4n) is 2.94. The predicted octanol–water partition coefficient (Wildman–Crippen LogP) is 2.64. The van der Waals surface area contributed by atoms with Gasteiger partial charge in [0.2, 0.25) is 0 Å². The van der Waals surface area contributed by atoms with Crippen molar-refractivity contribution in [3.8, 4) is 0 Å². The molecule has 6 nitrogen and oxygen atoms in total. The SMILES string of the molecule is CCc1cc(CNC(=NC)NC2CCN(CC(C)C)CC2)on1.I. The second kappa shape index (κ2) is 10.9. The quantitative estimate of drug-likeness (QED) is 0.397. The molecule has 2 N–H and O–H groups in total. The van der Waals surface area contributed by atoms with Crippen molar-refractivity contribution in [3.05, 3.63) is 17.5 Å². The number of aryl methyl sites for hydroxylation is 1. The van der Waals surface area contributed by atoms with E-state index < -0.39 is 0 Å². The van der Waals surface area contributed by atoms with Crippen LogP contribution >= 0.6 is 24.0 Å². The van der Waals surface area contributed by atoms with E-state index in [-0.39, 0.29) is 24.0 Å². The first-order valence-corrected chi connectivity index (χ1v) is 8.74. The van der Waals surface area contributed by atoms with Crippen molar-refractivity contribution < 1.29 is 4.52 Å². The lowest BCUT2D eigenvalue weighted by Crippen LogP contribution is -2.48. The van der Waals surface area contributed by atoms with Crippen LogP contribution in [0.2, 0.25) is 0 Å². The summed E-state index contributed by atoms with van der Waals surface area (Å²) < 4.78 is 5.29. The maximum atomic E-state index is 5.29. The second-order valence-corrected chi connectivity index (χ2v) is 6.68. The number of guanidine groups is 1. The Hall–Kier alpha value is -0.830. The van der Waals surface area contributed by atoms with Gasteiger partial charge in [-0.2, -0.15) is 0 Å². The average Bonchev–Trinajstić information content (AvgIpc) is 3.00. The number of likely N-dealkylation sites (tertiary alicyclic amines) is 1. The standard InChI is InChI=1S/C17H31N5O.HI/c1-5-14-10-16(23-21-14)11-19-17(18-4)20-15-6-8-22(9-7-15)12-13(2)3;/h10,13,15H,5-9,11-12H2,1-4H3,(H2,18,19,20);1H. The monoisotopic (exact) mass is 449 g/mol. The summed E-state index contributed by atoms with van der Waals surface area (Å²) in [5.74, 6) is 2.42. The second-order valence-electron chi connectivity index (χ2n) is 6.68. The maximum Gasteiger partial charge on any atom is 0.191 e.